The highest BCUT2D eigenvalue weighted by Gasteiger charge is 2.39. The van der Waals surface area contributed by atoms with Gasteiger partial charge in [0.1, 0.15) is 5.60 Å². The van der Waals surface area contributed by atoms with Crippen LogP contribution in [0.15, 0.2) is 0 Å². The molecule has 0 aromatic carbocycles. The van der Waals surface area contributed by atoms with Gasteiger partial charge in [-0.2, -0.15) is 0 Å². The van der Waals surface area contributed by atoms with Crippen molar-refractivity contribution in [3.63, 3.8) is 0 Å². The van der Waals surface area contributed by atoms with Crippen LogP contribution in [-0.2, 0) is 11.8 Å². The third-order valence-electron chi connectivity index (χ3n) is 2.83. The van der Waals surface area contributed by atoms with E-state index in [1.165, 1.54) is 4.68 Å². The summed E-state index contributed by atoms with van der Waals surface area (Å²) < 4.78 is 6.84. The lowest BCUT2D eigenvalue weighted by Gasteiger charge is -2.25. The third kappa shape index (κ3) is 1.93. The van der Waals surface area contributed by atoms with Crippen LogP contribution in [0.5, 0.6) is 0 Å². The minimum Gasteiger partial charge on any atom is -0.385 e. The van der Waals surface area contributed by atoms with E-state index in [0.717, 1.165) is 0 Å². The molecule has 2 unspecified atom stereocenters. The molecule has 1 aromatic heterocycles. The summed E-state index contributed by atoms with van der Waals surface area (Å²) in [4.78, 5) is 0. The Morgan fingerprint density at radius 2 is 2.53 bits per heavy atom. The summed E-state index contributed by atoms with van der Waals surface area (Å²) in [6.45, 7) is 2.85. The van der Waals surface area contributed by atoms with Gasteiger partial charge in [0.15, 0.2) is 0 Å². The van der Waals surface area contributed by atoms with Gasteiger partial charge in [-0.1, -0.05) is 5.10 Å². The van der Waals surface area contributed by atoms with Crippen molar-refractivity contribution in [3.8, 4) is 0 Å². The monoisotopic (exact) mass is 213 g/mol. The molecule has 84 valence electrons. The van der Waals surface area contributed by atoms with Crippen molar-refractivity contribution in [1.29, 1.82) is 0 Å². The quantitative estimate of drug-likeness (QED) is 0.681. The van der Waals surface area contributed by atoms with Crippen LogP contribution in [0.25, 0.3) is 0 Å². The Balaban J connectivity index is 1.96. The number of rotatable bonds is 3. The van der Waals surface area contributed by atoms with E-state index in [2.05, 4.69) is 20.8 Å². The number of ether oxygens (including phenoxy) is 1. The fourth-order valence-electron chi connectivity index (χ4n) is 1.61. The smallest absolute Gasteiger partial charge is 0.242 e. The first kappa shape index (κ1) is 10.3. The molecule has 1 aromatic rings. The maximum atomic E-state index is 10.2. The first-order valence-electron chi connectivity index (χ1n) is 4.92. The second kappa shape index (κ2) is 3.74. The van der Waals surface area contributed by atoms with Crippen LogP contribution < -0.4 is 5.32 Å². The molecule has 0 bridgehead atoms. The molecule has 2 heterocycles. The number of tetrazole rings is 1. The maximum Gasteiger partial charge on any atom is 0.242 e. The molecule has 0 spiro atoms. The molecule has 1 fully saturated rings. The second-order valence-corrected chi connectivity index (χ2v) is 3.85. The summed E-state index contributed by atoms with van der Waals surface area (Å²) in [5.74, 6) is 0.544. The van der Waals surface area contributed by atoms with Gasteiger partial charge >= 0.3 is 0 Å². The standard InChI is InChI=1S/C8H15N5O2/c1-6-8(14,3-4-15-6)5-9-7-10-11-12-13(7)2/h6,14H,3-5H2,1-2H3,(H,9,10,12). The van der Waals surface area contributed by atoms with E-state index in [-0.39, 0.29) is 6.10 Å². The van der Waals surface area contributed by atoms with E-state index in [4.69, 9.17) is 4.74 Å². The van der Waals surface area contributed by atoms with Crippen molar-refractivity contribution in [3.05, 3.63) is 0 Å². The van der Waals surface area contributed by atoms with E-state index in [0.29, 0.717) is 25.5 Å². The van der Waals surface area contributed by atoms with Crippen LogP contribution in [0.3, 0.4) is 0 Å². The summed E-state index contributed by atoms with van der Waals surface area (Å²) in [5, 5.41) is 24.1. The molecule has 0 saturated carbocycles. The third-order valence-corrected chi connectivity index (χ3v) is 2.83. The van der Waals surface area contributed by atoms with Gasteiger partial charge in [-0.15, -0.1) is 0 Å². The first-order valence-corrected chi connectivity index (χ1v) is 4.92. The zero-order valence-corrected chi connectivity index (χ0v) is 8.84. The molecule has 2 atom stereocenters. The highest BCUT2D eigenvalue weighted by atomic mass is 16.5. The molecule has 2 rings (SSSR count). The van der Waals surface area contributed by atoms with E-state index >= 15 is 0 Å². The normalized spacial score (nSPS) is 30.7. The molecule has 2 N–H and O–H groups in total. The molecule has 0 radical (unpaired) electrons. The molecule has 1 aliphatic heterocycles. The number of aliphatic hydroxyl groups is 1. The summed E-state index contributed by atoms with van der Waals surface area (Å²) >= 11 is 0. The van der Waals surface area contributed by atoms with Crippen LogP contribution >= 0.6 is 0 Å². The highest BCUT2D eigenvalue weighted by Crippen LogP contribution is 2.25. The van der Waals surface area contributed by atoms with Gasteiger partial charge in [-0.3, -0.25) is 0 Å². The number of nitrogens with one attached hydrogen (secondary N) is 1. The van der Waals surface area contributed by atoms with Gasteiger partial charge in [-0.25, -0.2) is 4.68 Å². The molecule has 7 nitrogen and oxygen atoms in total. The zero-order valence-electron chi connectivity index (χ0n) is 8.84. The average molecular weight is 213 g/mol. The van der Waals surface area contributed by atoms with Gasteiger partial charge in [0.25, 0.3) is 0 Å². The van der Waals surface area contributed by atoms with Gasteiger partial charge in [-0.05, 0) is 17.4 Å². The summed E-state index contributed by atoms with van der Waals surface area (Å²) in [5.41, 5.74) is -0.827. The van der Waals surface area contributed by atoms with Crippen LogP contribution in [0.2, 0.25) is 0 Å². The molecule has 0 aliphatic carbocycles. The molecule has 1 aliphatic rings. The molecule has 15 heavy (non-hydrogen) atoms. The fraction of sp³-hybridized carbons (Fsp3) is 0.875. The average Bonchev–Trinajstić information content (AvgIpc) is 2.73. The van der Waals surface area contributed by atoms with Gasteiger partial charge in [0, 0.05) is 26.6 Å². The molecular weight excluding hydrogens is 198 g/mol. The lowest BCUT2D eigenvalue weighted by molar-refractivity contribution is -0.0177. The largest absolute Gasteiger partial charge is 0.385 e. The molecule has 0 amide bonds. The Labute approximate surface area is 87.4 Å². The summed E-state index contributed by atoms with van der Waals surface area (Å²) in [6, 6.07) is 0. The van der Waals surface area contributed by atoms with Crippen molar-refractivity contribution in [2.75, 3.05) is 18.5 Å². The van der Waals surface area contributed by atoms with Crippen LogP contribution in [0.4, 0.5) is 5.95 Å². The summed E-state index contributed by atoms with van der Waals surface area (Å²) in [6.07, 6.45) is 0.470. The Hall–Kier alpha value is -1.21. The number of nitrogens with zero attached hydrogens (tertiary/aromatic N) is 4. The van der Waals surface area contributed by atoms with Crippen molar-refractivity contribution >= 4 is 5.95 Å². The number of aryl methyl sites for hydroxylation is 1. The van der Waals surface area contributed by atoms with Crippen molar-refractivity contribution in [1.82, 2.24) is 20.2 Å². The Morgan fingerprint density at radius 1 is 1.73 bits per heavy atom. The van der Waals surface area contributed by atoms with E-state index in [1.54, 1.807) is 7.05 Å². The van der Waals surface area contributed by atoms with Crippen molar-refractivity contribution in [2.45, 2.75) is 25.0 Å². The van der Waals surface area contributed by atoms with E-state index in [9.17, 15) is 5.11 Å². The number of hydrogen-bond acceptors (Lipinski definition) is 6. The zero-order chi connectivity index (χ0) is 10.9. The molecule has 1 saturated heterocycles. The van der Waals surface area contributed by atoms with E-state index in [1.807, 2.05) is 6.92 Å². The van der Waals surface area contributed by atoms with Crippen LogP contribution in [0, 0.1) is 0 Å². The van der Waals surface area contributed by atoms with Crippen LogP contribution in [-0.4, -0.2) is 50.2 Å². The minimum absolute atomic E-state index is 0.161. The van der Waals surface area contributed by atoms with Gasteiger partial charge < -0.3 is 15.2 Å². The van der Waals surface area contributed by atoms with Crippen molar-refractivity contribution in [2.24, 2.45) is 7.05 Å². The SMILES string of the molecule is CC1OCCC1(O)CNc1nnnn1C. The fourth-order valence-corrected chi connectivity index (χ4v) is 1.61. The van der Waals surface area contributed by atoms with Crippen molar-refractivity contribution < 1.29 is 9.84 Å². The lowest BCUT2D eigenvalue weighted by Crippen LogP contribution is -2.43. The topological polar surface area (TPSA) is 85.1 Å². The van der Waals surface area contributed by atoms with Crippen LogP contribution in [0.1, 0.15) is 13.3 Å². The lowest BCUT2D eigenvalue weighted by atomic mass is 9.97. The van der Waals surface area contributed by atoms with Gasteiger partial charge in [0.05, 0.1) is 6.10 Å². The number of hydrogen-bond donors (Lipinski definition) is 2. The Morgan fingerprint density at radius 3 is 3.07 bits per heavy atom. The molecule has 7 heteroatoms. The first-order chi connectivity index (χ1) is 7.12. The Kier molecular flexibility index (Phi) is 2.57. The minimum atomic E-state index is -0.827. The predicted octanol–water partition coefficient (Wildman–Crippen LogP) is -0.838. The summed E-state index contributed by atoms with van der Waals surface area (Å²) in [7, 11) is 1.74. The predicted molar refractivity (Wildman–Crippen MR) is 52.3 cm³/mol. The maximum absolute atomic E-state index is 10.2. The van der Waals surface area contributed by atoms with Gasteiger partial charge in [0.2, 0.25) is 5.95 Å². The number of aromatic nitrogens is 4. The second-order valence-electron chi connectivity index (χ2n) is 3.85. The highest BCUT2D eigenvalue weighted by molar-refractivity contribution is 5.22. The molecular formula is C8H15N5O2. The Bertz CT molecular complexity index is 342. The number of anilines is 1. The van der Waals surface area contributed by atoms with E-state index < -0.39 is 5.60 Å².